The van der Waals surface area contributed by atoms with Crippen molar-refractivity contribution >= 4 is 17.9 Å². The minimum absolute atomic E-state index is 0.366. The first-order valence-electron chi connectivity index (χ1n) is 5.75. The molecule has 0 aliphatic carbocycles. The molecule has 1 atom stereocenters. The fourth-order valence-electron chi connectivity index (χ4n) is 1.98. The zero-order valence-electron chi connectivity index (χ0n) is 10.2. The lowest BCUT2D eigenvalue weighted by atomic mass is 10.1. The molecule has 0 saturated carbocycles. The fourth-order valence-corrected chi connectivity index (χ4v) is 1.98. The van der Waals surface area contributed by atoms with Crippen LogP contribution in [0.1, 0.15) is 30.6 Å². The van der Waals surface area contributed by atoms with E-state index in [0.29, 0.717) is 18.5 Å². The molecule has 4 heteroatoms. The van der Waals surface area contributed by atoms with Crippen LogP contribution < -0.4 is 10.6 Å². The maximum Gasteiger partial charge on any atom is 0.240 e. The second-order valence-electron chi connectivity index (χ2n) is 3.79. The summed E-state index contributed by atoms with van der Waals surface area (Å²) in [5.41, 5.74) is 6.72. The summed E-state index contributed by atoms with van der Waals surface area (Å²) in [5.74, 6) is -0.366. The molecule has 1 unspecified atom stereocenters. The van der Waals surface area contributed by atoms with E-state index in [-0.39, 0.29) is 11.9 Å². The van der Waals surface area contributed by atoms with Gasteiger partial charge in [-0.15, -0.1) is 0 Å². The summed E-state index contributed by atoms with van der Waals surface area (Å²) in [7, 11) is 0. The van der Waals surface area contributed by atoms with Gasteiger partial charge in [0.2, 0.25) is 5.91 Å². The highest BCUT2D eigenvalue weighted by molar-refractivity contribution is 5.89. The number of anilines is 1. The van der Waals surface area contributed by atoms with Crippen LogP contribution in [0.5, 0.6) is 0 Å². The number of para-hydroxylation sites is 1. The molecular weight excluding hydrogens is 216 g/mol. The van der Waals surface area contributed by atoms with E-state index in [9.17, 15) is 9.59 Å². The van der Waals surface area contributed by atoms with E-state index in [1.807, 2.05) is 30.9 Å². The van der Waals surface area contributed by atoms with E-state index >= 15 is 0 Å². The standard InChI is InChI=1S/C13H18N2O2/c1-3-11(13(14)17)15(4-2)12-8-6-5-7-10(12)9-16/h5-9,11H,3-4H2,1-2H3,(H2,14,17). The molecule has 1 amide bonds. The van der Waals surface area contributed by atoms with Gasteiger partial charge in [-0.3, -0.25) is 9.59 Å². The van der Waals surface area contributed by atoms with Gasteiger partial charge in [-0.1, -0.05) is 19.1 Å². The molecule has 0 saturated heterocycles. The number of benzene rings is 1. The molecule has 0 aliphatic heterocycles. The average Bonchev–Trinajstić information content (AvgIpc) is 2.35. The zero-order chi connectivity index (χ0) is 12.8. The number of carbonyl (C=O) groups is 2. The summed E-state index contributed by atoms with van der Waals surface area (Å²) in [6.07, 6.45) is 1.42. The van der Waals surface area contributed by atoms with Crippen molar-refractivity contribution in [3.8, 4) is 0 Å². The van der Waals surface area contributed by atoms with Crippen LogP contribution in [0, 0.1) is 0 Å². The molecule has 1 rings (SSSR count). The van der Waals surface area contributed by atoms with E-state index in [2.05, 4.69) is 0 Å². The van der Waals surface area contributed by atoms with E-state index in [1.54, 1.807) is 12.1 Å². The van der Waals surface area contributed by atoms with Crippen LogP contribution in [-0.2, 0) is 4.79 Å². The lowest BCUT2D eigenvalue weighted by Gasteiger charge is -2.30. The molecule has 17 heavy (non-hydrogen) atoms. The van der Waals surface area contributed by atoms with Crippen molar-refractivity contribution < 1.29 is 9.59 Å². The predicted octanol–water partition coefficient (Wildman–Crippen LogP) is 1.59. The molecule has 0 aliphatic rings. The number of hydrogen-bond acceptors (Lipinski definition) is 3. The molecule has 1 aromatic carbocycles. The monoisotopic (exact) mass is 234 g/mol. The highest BCUT2D eigenvalue weighted by Crippen LogP contribution is 2.22. The summed E-state index contributed by atoms with van der Waals surface area (Å²) in [4.78, 5) is 24.2. The Balaban J connectivity index is 3.16. The smallest absolute Gasteiger partial charge is 0.240 e. The quantitative estimate of drug-likeness (QED) is 0.760. The third-order valence-corrected chi connectivity index (χ3v) is 2.81. The maximum absolute atomic E-state index is 11.4. The van der Waals surface area contributed by atoms with Crippen LogP contribution in [0.3, 0.4) is 0 Å². The molecule has 0 aromatic heterocycles. The summed E-state index contributed by atoms with van der Waals surface area (Å²) in [5, 5.41) is 0. The van der Waals surface area contributed by atoms with Gasteiger partial charge in [0, 0.05) is 17.8 Å². The van der Waals surface area contributed by atoms with Gasteiger partial charge in [0.15, 0.2) is 6.29 Å². The Labute approximate surface area is 101 Å². The minimum Gasteiger partial charge on any atom is -0.368 e. The number of likely N-dealkylation sites (N-methyl/N-ethyl adjacent to an activating group) is 1. The van der Waals surface area contributed by atoms with Gasteiger partial charge in [-0.25, -0.2) is 0 Å². The summed E-state index contributed by atoms with van der Waals surface area (Å²) >= 11 is 0. The number of hydrogen-bond donors (Lipinski definition) is 1. The van der Waals surface area contributed by atoms with Gasteiger partial charge < -0.3 is 10.6 Å². The lowest BCUT2D eigenvalue weighted by Crippen LogP contribution is -2.44. The SMILES string of the molecule is CCC(C(N)=O)N(CC)c1ccccc1C=O. The van der Waals surface area contributed by atoms with Gasteiger partial charge in [-0.05, 0) is 25.5 Å². The largest absolute Gasteiger partial charge is 0.368 e. The number of nitrogens with two attached hydrogens (primary N) is 1. The lowest BCUT2D eigenvalue weighted by molar-refractivity contribution is -0.119. The molecule has 0 bridgehead atoms. The second kappa shape index (κ2) is 6.03. The highest BCUT2D eigenvalue weighted by Gasteiger charge is 2.22. The van der Waals surface area contributed by atoms with E-state index in [4.69, 9.17) is 5.73 Å². The predicted molar refractivity (Wildman–Crippen MR) is 68.1 cm³/mol. The molecular formula is C13H18N2O2. The topological polar surface area (TPSA) is 63.4 Å². The Morgan fingerprint density at radius 3 is 2.53 bits per heavy atom. The van der Waals surface area contributed by atoms with Crippen LogP contribution in [0.15, 0.2) is 24.3 Å². The van der Waals surface area contributed by atoms with Gasteiger partial charge in [0.1, 0.15) is 6.04 Å². The van der Waals surface area contributed by atoms with Crippen LogP contribution in [-0.4, -0.2) is 24.8 Å². The third kappa shape index (κ3) is 2.84. The molecule has 92 valence electrons. The molecule has 4 nitrogen and oxygen atoms in total. The zero-order valence-corrected chi connectivity index (χ0v) is 10.2. The number of amides is 1. The Hall–Kier alpha value is -1.84. The maximum atomic E-state index is 11.4. The van der Waals surface area contributed by atoms with Crippen LogP contribution >= 0.6 is 0 Å². The molecule has 1 aromatic rings. The normalized spacial score (nSPS) is 11.9. The van der Waals surface area contributed by atoms with Gasteiger partial charge in [0.25, 0.3) is 0 Å². The van der Waals surface area contributed by atoms with Crippen LogP contribution in [0.4, 0.5) is 5.69 Å². The number of nitrogens with zero attached hydrogens (tertiary/aromatic N) is 1. The number of carbonyl (C=O) groups excluding carboxylic acids is 2. The molecule has 0 spiro atoms. The molecule has 0 fully saturated rings. The van der Waals surface area contributed by atoms with Crippen molar-refractivity contribution in [2.24, 2.45) is 5.73 Å². The Bertz CT molecular complexity index is 404. The van der Waals surface area contributed by atoms with Gasteiger partial charge in [-0.2, -0.15) is 0 Å². The number of primary amides is 1. The third-order valence-electron chi connectivity index (χ3n) is 2.81. The number of aldehydes is 1. The van der Waals surface area contributed by atoms with E-state index in [1.165, 1.54) is 0 Å². The van der Waals surface area contributed by atoms with Gasteiger partial charge in [0.05, 0.1) is 0 Å². The van der Waals surface area contributed by atoms with Crippen LogP contribution in [0.2, 0.25) is 0 Å². The highest BCUT2D eigenvalue weighted by atomic mass is 16.1. The molecule has 2 N–H and O–H groups in total. The molecule has 0 heterocycles. The van der Waals surface area contributed by atoms with Crippen molar-refractivity contribution in [2.45, 2.75) is 26.3 Å². The summed E-state index contributed by atoms with van der Waals surface area (Å²) in [6, 6.07) is 6.84. The van der Waals surface area contributed by atoms with Crippen molar-refractivity contribution in [3.05, 3.63) is 29.8 Å². The second-order valence-corrected chi connectivity index (χ2v) is 3.79. The summed E-state index contributed by atoms with van der Waals surface area (Å²) < 4.78 is 0. The van der Waals surface area contributed by atoms with Crippen molar-refractivity contribution in [1.29, 1.82) is 0 Å². The molecule has 0 radical (unpaired) electrons. The van der Waals surface area contributed by atoms with Crippen molar-refractivity contribution in [3.63, 3.8) is 0 Å². The fraction of sp³-hybridized carbons (Fsp3) is 0.385. The first-order chi connectivity index (χ1) is 8.15. The first kappa shape index (κ1) is 13.2. The van der Waals surface area contributed by atoms with Crippen molar-refractivity contribution in [2.75, 3.05) is 11.4 Å². The van der Waals surface area contributed by atoms with E-state index in [0.717, 1.165) is 12.0 Å². The first-order valence-corrected chi connectivity index (χ1v) is 5.75. The van der Waals surface area contributed by atoms with Crippen molar-refractivity contribution in [1.82, 2.24) is 0 Å². The van der Waals surface area contributed by atoms with Crippen LogP contribution in [0.25, 0.3) is 0 Å². The average molecular weight is 234 g/mol. The number of rotatable bonds is 6. The Morgan fingerprint density at radius 2 is 2.06 bits per heavy atom. The Morgan fingerprint density at radius 1 is 1.41 bits per heavy atom. The van der Waals surface area contributed by atoms with Gasteiger partial charge >= 0.3 is 0 Å². The Kier molecular flexibility index (Phi) is 4.69. The van der Waals surface area contributed by atoms with E-state index < -0.39 is 0 Å². The minimum atomic E-state index is -0.374. The summed E-state index contributed by atoms with van der Waals surface area (Å²) in [6.45, 7) is 4.47.